The fourth-order valence-electron chi connectivity index (χ4n) is 2.52. The van der Waals surface area contributed by atoms with E-state index in [2.05, 4.69) is 30.0 Å². The number of ether oxygens (including phenoxy) is 2. The van der Waals surface area contributed by atoms with Gasteiger partial charge in [0.15, 0.2) is 0 Å². The molecule has 24 heavy (non-hydrogen) atoms. The van der Waals surface area contributed by atoms with Crippen molar-refractivity contribution in [3.63, 3.8) is 0 Å². The van der Waals surface area contributed by atoms with E-state index in [4.69, 9.17) is 21.1 Å². The van der Waals surface area contributed by atoms with Gasteiger partial charge in [0.2, 0.25) is 6.29 Å². The predicted octanol–water partition coefficient (Wildman–Crippen LogP) is 4.92. The highest BCUT2D eigenvalue weighted by molar-refractivity contribution is 6.30. The molecule has 1 aliphatic rings. The maximum Gasteiger partial charge on any atom is 0.222 e. The normalized spacial score (nSPS) is 20.6. The van der Waals surface area contributed by atoms with Crippen molar-refractivity contribution in [2.24, 2.45) is 5.92 Å². The number of hydrogen-bond acceptors (Lipinski definition) is 2. The molecule has 0 bridgehead atoms. The second-order valence-electron chi connectivity index (χ2n) is 5.64. The Labute approximate surface area is 148 Å². The van der Waals surface area contributed by atoms with E-state index in [0.29, 0.717) is 19.1 Å². The number of halogens is 1. The van der Waals surface area contributed by atoms with E-state index in [-0.39, 0.29) is 0 Å². The fourth-order valence-corrected chi connectivity index (χ4v) is 2.64. The molecule has 0 saturated carbocycles. The van der Waals surface area contributed by atoms with Crippen molar-refractivity contribution in [3.05, 3.63) is 71.3 Å². The van der Waals surface area contributed by atoms with Gasteiger partial charge in [0.05, 0.1) is 13.2 Å². The van der Waals surface area contributed by atoms with Crippen LogP contribution in [0.25, 0.3) is 11.1 Å². The van der Waals surface area contributed by atoms with Gasteiger partial charge in [0, 0.05) is 16.5 Å². The van der Waals surface area contributed by atoms with E-state index >= 15 is 0 Å². The summed E-state index contributed by atoms with van der Waals surface area (Å²) < 4.78 is 11.2. The quantitative estimate of drug-likeness (QED) is 0.571. The van der Waals surface area contributed by atoms with Crippen LogP contribution in [0.1, 0.15) is 12.5 Å². The minimum absolute atomic E-state index is 0.326. The summed E-state index contributed by atoms with van der Waals surface area (Å²) >= 11 is 5.92. The van der Waals surface area contributed by atoms with Crippen LogP contribution in [0.3, 0.4) is 0 Å². The molecule has 3 rings (SSSR count). The van der Waals surface area contributed by atoms with Gasteiger partial charge in [-0.2, -0.15) is 0 Å². The maximum absolute atomic E-state index is 5.92. The first-order valence-electron chi connectivity index (χ1n) is 7.98. The lowest BCUT2D eigenvalue weighted by molar-refractivity contribution is -0.160. The Morgan fingerprint density at radius 3 is 2.12 bits per heavy atom. The second-order valence-corrected chi connectivity index (χ2v) is 6.07. The molecular formula is C21H19ClO2. The molecule has 2 aromatic rings. The molecule has 1 fully saturated rings. The molecule has 122 valence electrons. The Kier molecular flexibility index (Phi) is 5.72. The molecule has 0 aromatic heterocycles. The van der Waals surface area contributed by atoms with E-state index in [1.165, 1.54) is 0 Å². The minimum Gasteiger partial charge on any atom is -0.341 e. The van der Waals surface area contributed by atoms with Gasteiger partial charge in [-0.15, -0.1) is 0 Å². The van der Waals surface area contributed by atoms with Crippen LogP contribution in [0.2, 0.25) is 5.02 Å². The highest BCUT2D eigenvalue weighted by Gasteiger charge is 2.18. The zero-order chi connectivity index (χ0) is 16.8. The van der Waals surface area contributed by atoms with E-state index < -0.39 is 6.29 Å². The Bertz CT molecular complexity index is 743. The molecule has 2 nitrogen and oxygen atoms in total. The van der Waals surface area contributed by atoms with Crippen LogP contribution < -0.4 is 0 Å². The summed E-state index contributed by atoms with van der Waals surface area (Å²) in [7, 11) is 0. The van der Waals surface area contributed by atoms with Gasteiger partial charge in [-0.3, -0.25) is 0 Å². The van der Waals surface area contributed by atoms with Gasteiger partial charge in [-0.05, 0) is 48.2 Å². The third-order valence-electron chi connectivity index (χ3n) is 3.78. The van der Waals surface area contributed by atoms with Crippen LogP contribution in [0, 0.1) is 17.8 Å². The molecule has 0 amide bonds. The van der Waals surface area contributed by atoms with Gasteiger partial charge in [-0.1, -0.05) is 53.9 Å². The summed E-state index contributed by atoms with van der Waals surface area (Å²) in [6.07, 6.45) is 3.67. The minimum atomic E-state index is -0.442. The SMILES string of the molecule is C/C=C/C1COC(C#Cc2ccc(-c3ccc(Cl)cc3)cc2)OC1. The third-order valence-corrected chi connectivity index (χ3v) is 4.04. The van der Waals surface area contributed by atoms with Crippen LogP contribution in [0.15, 0.2) is 60.7 Å². The van der Waals surface area contributed by atoms with Gasteiger partial charge < -0.3 is 9.47 Å². The van der Waals surface area contributed by atoms with Gasteiger partial charge in [-0.25, -0.2) is 0 Å². The molecule has 3 heteroatoms. The number of rotatable bonds is 2. The Hall–Kier alpha value is -2.05. The van der Waals surface area contributed by atoms with E-state index in [1.807, 2.05) is 49.4 Å². The van der Waals surface area contributed by atoms with Crippen molar-refractivity contribution in [1.29, 1.82) is 0 Å². The Balaban J connectivity index is 1.62. The molecule has 0 spiro atoms. The van der Waals surface area contributed by atoms with Crippen LogP contribution in [-0.2, 0) is 9.47 Å². The Morgan fingerprint density at radius 1 is 0.958 bits per heavy atom. The zero-order valence-electron chi connectivity index (χ0n) is 13.5. The molecule has 1 heterocycles. The van der Waals surface area contributed by atoms with E-state index in [9.17, 15) is 0 Å². The summed E-state index contributed by atoms with van der Waals surface area (Å²) in [4.78, 5) is 0. The summed E-state index contributed by atoms with van der Waals surface area (Å²) in [6, 6.07) is 15.9. The summed E-state index contributed by atoms with van der Waals surface area (Å²) in [6.45, 7) is 3.30. The molecule has 2 aromatic carbocycles. The fraction of sp³-hybridized carbons (Fsp3) is 0.238. The van der Waals surface area contributed by atoms with Crippen molar-refractivity contribution in [1.82, 2.24) is 0 Å². The topological polar surface area (TPSA) is 18.5 Å². The molecular weight excluding hydrogens is 320 g/mol. The molecule has 0 radical (unpaired) electrons. The largest absolute Gasteiger partial charge is 0.341 e. The average Bonchev–Trinajstić information content (AvgIpc) is 2.63. The summed E-state index contributed by atoms with van der Waals surface area (Å²) in [5.41, 5.74) is 3.21. The maximum atomic E-state index is 5.92. The van der Waals surface area contributed by atoms with Gasteiger partial charge in [0.1, 0.15) is 0 Å². The lowest BCUT2D eigenvalue weighted by atomic mass is 10.0. The van der Waals surface area contributed by atoms with Crippen LogP contribution in [0.5, 0.6) is 0 Å². The molecule has 0 N–H and O–H groups in total. The summed E-state index contributed by atoms with van der Waals surface area (Å²) in [5.74, 6) is 6.47. The molecule has 1 aliphatic heterocycles. The third kappa shape index (κ3) is 4.49. The Morgan fingerprint density at radius 2 is 1.54 bits per heavy atom. The van der Waals surface area contributed by atoms with Gasteiger partial charge in [0.25, 0.3) is 0 Å². The second kappa shape index (κ2) is 8.17. The molecule has 0 unspecified atom stereocenters. The van der Waals surface area contributed by atoms with Crippen LogP contribution in [0.4, 0.5) is 0 Å². The van der Waals surface area contributed by atoms with Crippen molar-refractivity contribution < 1.29 is 9.47 Å². The van der Waals surface area contributed by atoms with Crippen LogP contribution in [-0.4, -0.2) is 19.5 Å². The number of benzene rings is 2. The summed E-state index contributed by atoms with van der Waals surface area (Å²) in [5, 5.41) is 0.741. The standard InChI is InChI=1S/C21H19ClO2/c1-2-3-17-14-23-21(24-15-17)13-6-16-4-7-18(8-5-16)19-9-11-20(22)12-10-19/h2-5,7-12,17,21H,14-15H2,1H3/b3-2+. The van der Waals surface area contributed by atoms with Crippen LogP contribution >= 0.6 is 11.6 Å². The highest BCUT2D eigenvalue weighted by Crippen LogP contribution is 2.21. The molecule has 0 atom stereocenters. The molecule has 1 saturated heterocycles. The predicted molar refractivity (Wildman–Crippen MR) is 97.8 cm³/mol. The smallest absolute Gasteiger partial charge is 0.222 e. The first-order valence-corrected chi connectivity index (χ1v) is 8.36. The molecule has 0 aliphatic carbocycles. The van der Waals surface area contributed by atoms with Crippen molar-refractivity contribution in [2.75, 3.05) is 13.2 Å². The monoisotopic (exact) mass is 338 g/mol. The first kappa shape index (κ1) is 16.8. The lowest BCUT2D eigenvalue weighted by Crippen LogP contribution is -2.30. The highest BCUT2D eigenvalue weighted by atomic mass is 35.5. The number of allylic oxidation sites excluding steroid dienone is 1. The van der Waals surface area contributed by atoms with Crippen molar-refractivity contribution >= 4 is 11.6 Å². The van der Waals surface area contributed by atoms with Crippen molar-refractivity contribution in [2.45, 2.75) is 13.2 Å². The van der Waals surface area contributed by atoms with E-state index in [0.717, 1.165) is 21.7 Å². The average molecular weight is 339 g/mol. The lowest BCUT2D eigenvalue weighted by Gasteiger charge is -2.24. The first-order chi connectivity index (χ1) is 11.7. The van der Waals surface area contributed by atoms with Crippen molar-refractivity contribution in [3.8, 4) is 23.0 Å². The zero-order valence-corrected chi connectivity index (χ0v) is 14.3. The van der Waals surface area contributed by atoms with Gasteiger partial charge >= 0.3 is 0 Å². The van der Waals surface area contributed by atoms with E-state index in [1.54, 1.807) is 0 Å². The number of hydrogen-bond donors (Lipinski definition) is 0.